The second kappa shape index (κ2) is 5.26. The van der Waals surface area contributed by atoms with Crippen molar-refractivity contribution < 1.29 is 26.0 Å². The summed E-state index contributed by atoms with van der Waals surface area (Å²) in [5, 5.41) is 0. The molecule has 3 N–H and O–H groups in total. The molecule has 5 heteroatoms. The van der Waals surface area contributed by atoms with Crippen LogP contribution in [0.15, 0.2) is 0 Å². The molecule has 0 heterocycles. The Morgan fingerprint density at radius 2 is 1.00 bits per heavy atom. The van der Waals surface area contributed by atoms with Crippen molar-refractivity contribution in [1.29, 1.82) is 0 Å². The van der Waals surface area contributed by atoms with E-state index in [2.05, 4.69) is 0 Å². The Kier molecular flexibility index (Phi) is 10.0. The van der Waals surface area contributed by atoms with Crippen LogP contribution >= 0.6 is 0 Å². The molecule has 0 saturated heterocycles. The van der Waals surface area contributed by atoms with E-state index in [1.807, 2.05) is 0 Å². The van der Waals surface area contributed by atoms with Gasteiger partial charge < -0.3 is 0 Å². The first-order chi connectivity index (χ1) is 1.73. The van der Waals surface area contributed by atoms with Crippen molar-refractivity contribution in [3.8, 4) is 0 Å². The molecule has 0 aliphatic heterocycles. The van der Waals surface area contributed by atoms with Gasteiger partial charge in [-0.2, -0.15) is 0 Å². The molecule has 0 aliphatic carbocycles. The van der Waals surface area contributed by atoms with Crippen LogP contribution in [0, 0.1) is 0 Å². The minimum atomic E-state index is -3.59. The molecule has 0 aromatic heterocycles. The maximum absolute atomic E-state index is 7.37. The predicted molar refractivity (Wildman–Crippen MR) is 12.4 cm³/mol. The first kappa shape index (κ1) is 9.54. The summed E-state index contributed by atoms with van der Waals surface area (Å²) in [5.41, 5.74) is 0. The summed E-state index contributed by atoms with van der Waals surface area (Å²) in [7, 11) is 0. The number of rotatable bonds is 0. The zero-order valence-electron chi connectivity index (χ0n) is 2.11. The maximum atomic E-state index is 7.37. The van der Waals surface area contributed by atoms with E-state index in [0.717, 1.165) is 0 Å². The van der Waals surface area contributed by atoms with Crippen LogP contribution in [0.4, 0.5) is 0 Å². The summed E-state index contributed by atoms with van der Waals surface area (Å²) < 4.78 is 22.1. The Morgan fingerprint density at radius 3 is 1.00 bits per heavy atom. The molecule has 0 aromatic rings. The summed E-state index contributed by atoms with van der Waals surface area (Å²) in [4.78, 5) is 0. The van der Waals surface area contributed by atoms with Gasteiger partial charge in [-0.1, -0.05) is 0 Å². The topological polar surface area (TPSA) is 60.7 Å². The van der Waals surface area contributed by atoms with E-state index < -0.39 is 23.1 Å². The monoisotopic (exact) mass is 318 g/mol. The molecule has 0 unspecified atom stereocenters. The van der Waals surface area contributed by atoms with Crippen LogP contribution in [0.2, 0.25) is 0 Å². The second-order valence-electron chi connectivity index (χ2n) is 0.268. The first-order valence-corrected chi connectivity index (χ1v) is 5.26. The van der Waals surface area contributed by atoms with Crippen LogP contribution in [0.1, 0.15) is 0 Å². The molecule has 0 atom stereocenters. The molecule has 3 nitrogen and oxygen atoms in total. The van der Waals surface area contributed by atoms with Gasteiger partial charge in [-0.25, -0.2) is 0 Å². The molecule has 0 fully saturated rings. The normalized spacial score (nSPS) is 7.20. The van der Waals surface area contributed by atoms with Crippen LogP contribution in [0.3, 0.4) is 0 Å². The van der Waals surface area contributed by atoms with Gasteiger partial charge in [0.05, 0.1) is 0 Å². The third kappa shape index (κ3) is 35.3. The van der Waals surface area contributed by atoms with E-state index in [9.17, 15) is 0 Å². The summed E-state index contributed by atoms with van der Waals surface area (Å²) in [6.07, 6.45) is 0. The molecular weight excluding hydrogens is 316 g/mol. The molecule has 0 spiro atoms. The van der Waals surface area contributed by atoms with Crippen LogP contribution in [-0.2, 0) is 16.5 Å². The average molecular weight is 319 g/mol. The van der Waals surface area contributed by atoms with Gasteiger partial charge in [0.25, 0.3) is 0 Å². The molecule has 36 valence electrons. The van der Waals surface area contributed by atoms with E-state index in [0.29, 0.717) is 0 Å². The van der Waals surface area contributed by atoms with Gasteiger partial charge in [0.15, 0.2) is 0 Å². The Morgan fingerprint density at radius 1 is 1.00 bits per heavy atom. The number of hydrogen-bond acceptors (Lipinski definition) is 3. The number of hydrogen-bond donors (Lipinski definition) is 3. The molecule has 0 aliphatic rings. The van der Waals surface area contributed by atoms with E-state index in [-0.39, 0.29) is 16.5 Å². The Balaban J connectivity index is 0. The van der Waals surface area contributed by atoms with Gasteiger partial charge >= 0.3 is 32.6 Å². The third-order valence-corrected chi connectivity index (χ3v) is 0. The second-order valence-corrected chi connectivity index (χ2v) is 2.35. The Hall–Kier alpha value is 1.26. The molecule has 0 saturated carbocycles. The predicted octanol–water partition coefficient (Wildman–Crippen LogP) is -2.05. The molecule has 0 rings (SSSR count). The standard InChI is InChI=1S/Bi.Ni.3H2O/h;;3*1H2/q+3;;;;/p-3. The summed E-state index contributed by atoms with van der Waals surface area (Å²) in [6, 6.07) is 0. The summed E-state index contributed by atoms with van der Waals surface area (Å²) >= 11 is -3.59. The molecular formula is H3BiNiO3. The van der Waals surface area contributed by atoms with Crippen molar-refractivity contribution in [2.24, 2.45) is 0 Å². The van der Waals surface area contributed by atoms with Gasteiger partial charge in [-0.15, -0.1) is 0 Å². The van der Waals surface area contributed by atoms with Crippen molar-refractivity contribution in [2.45, 2.75) is 0 Å². The van der Waals surface area contributed by atoms with Crippen molar-refractivity contribution in [1.82, 2.24) is 0 Å². The van der Waals surface area contributed by atoms with Gasteiger partial charge in [0.1, 0.15) is 0 Å². The van der Waals surface area contributed by atoms with Crippen LogP contribution in [0.5, 0.6) is 0 Å². The third-order valence-electron chi connectivity index (χ3n) is 0. The zero-order chi connectivity index (χ0) is 3.58. The van der Waals surface area contributed by atoms with E-state index >= 15 is 0 Å². The first-order valence-electron chi connectivity index (χ1n) is 0.600. The zero-order valence-corrected chi connectivity index (χ0v) is 6.57. The van der Waals surface area contributed by atoms with E-state index in [4.69, 9.17) is 9.55 Å². The van der Waals surface area contributed by atoms with Gasteiger partial charge in [0.2, 0.25) is 0 Å². The van der Waals surface area contributed by atoms with Crippen LogP contribution in [0.25, 0.3) is 0 Å². The fourth-order valence-corrected chi connectivity index (χ4v) is 0. The Bertz CT molecular complexity index is 11.6. The fraction of sp³-hybridized carbons (Fsp3) is 0. The fourth-order valence-electron chi connectivity index (χ4n) is 0. The van der Waals surface area contributed by atoms with Crippen molar-refractivity contribution in [2.75, 3.05) is 0 Å². The van der Waals surface area contributed by atoms with Gasteiger partial charge in [0, 0.05) is 16.5 Å². The van der Waals surface area contributed by atoms with Gasteiger partial charge in [-0.3, -0.25) is 0 Å². The summed E-state index contributed by atoms with van der Waals surface area (Å²) in [6.45, 7) is 0. The molecule has 0 amide bonds. The Labute approximate surface area is 49.1 Å². The van der Waals surface area contributed by atoms with Crippen LogP contribution < -0.4 is 0 Å². The van der Waals surface area contributed by atoms with Crippen LogP contribution in [-0.4, -0.2) is 32.6 Å². The van der Waals surface area contributed by atoms with Gasteiger partial charge in [-0.05, 0) is 0 Å². The minimum absolute atomic E-state index is 0. The van der Waals surface area contributed by atoms with E-state index in [1.54, 1.807) is 0 Å². The average Bonchev–Trinajstić information content (AvgIpc) is 0.811. The SMILES string of the molecule is [Ni].[OH][Bi]([OH])[OH]. The van der Waals surface area contributed by atoms with Crippen molar-refractivity contribution in [3.63, 3.8) is 0 Å². The van der Waals surface area contributed by atoms with E-state index in [1.165, 1.54) is 0 Å². The molecule has 5 heavy (non-hydrogen) atoms. The molecule has 0 bridgehead atoms. The van der Waals surface area contributed by atoms with Crippen molar-refractivity contribution >= 4 is 23.1 Å². The quantitative estimate of drug-likeness (QED) is 0.451. The van der Waals surface area contributed by atoms with Crippen molar-refractivity contribution in [3.05, 3.63) is 0 Å². The molecule has 0 aromatic carbocycles. The summed E-state index contributed by atoms with van der Waals surface area (Å²) in [5.74, 6) is 0. The molecule has 0 radical (unpaired) electrons.